The van der Waals surface area contributed by atoms with Crippen LogP contribution in [0.15, 0.2) is 72.1 Å². The molecule has 0 aliphatic carbocycles. The number of nitrogens with two attached hydrogens (primary N) is 1. The molecule has 3 N–H and O–H groups in total. The van der Waals surface area contributed by atoms with Crippen LogP contribution >= 0.6 is 11.3 Å². The van der Waals surface area contributed by atoms with Crippen LogP contribution in [0.4, 0.5) is 5.69 Å². The highest BCUT2D eigenvalue weighted by molar-refractivity contribution is 7.10. The smallest absolute Gasteiger partial charge is 0.282 e. The first kappa shape index (κ1) is 17.9. The lowest BCUT2D eigenvalue weighted by Gasteiger charge is -2.19. The second-order valence-electron chi connectivity index (χ2n) is 6.06. The number of carbonyl (C=O) groups excluding carboxylic acids is 1. The molecule has 0 bridgehead atoms. The lowest BCUT2D eigenvalue weighted by Crippen LogP contribution is -2.92. The van der Waals surface area contributed by atoms with Crippen molar-refractivity contribution in [2.75, 3.05) is 5.32 Å². The maximum absolute atomic E-state index is 12.6. The summed E-state index contributed by atoms with van der Waals surface area (Å²) < 4.78 is 0. The van der Waals surface area contributed by atoms with E-state index in [1.165, 1.54) is 10.4 Å². The molecule has 0 fully saturated rings. The third-order valence-electron chi connectivity index (χ3n) is 4.18. The highest BCUT2D eigenvalue weighted by Gasteiger charge is 2.25. The minimum Gasteiger partial charge on any atom is -0.326 e. The summed E-state index contributed by atoms with van der Waals surface area (Å²) in [4.78, 5) is 13.8. The Kier molecular flexibility index (Phi) is 5.80. The number of thiophene rings is 1. The molecule has 2 aromatic carbocycles. The summed E-state index contributed by atoms with van der Waals surface area (Å²) in [5.74, 6) is -0.0628. The summed E-state index contributed by atoms with van der Waals surface area (Å²) in [6.07, 6.45) is 0. The van der Waals surface area contributed by atoms with Crippen LogP contribution in [0.25, 0.3) is 0 Å². The Bertz CT molecular complexity index is 883. The number of nitrogens with zero attached hydrogens (tertiary/aromatic N) is 1. The van der Waals surface area contributed by atoms with E-state index in [-0.39, 0.29) is 18.0 Å². The van der Waals surface area contributed by atoms with Crippen molar-refractivity contribution in [2.24, 2.45) is 0 Å². The van der Waals surface area contributed by atoms with Crippen LogP contribution in [0.1, 0.15) is 29.0 Å². The fourth-order valence-electron chi connectivity index (χ4n) is 2.76. The van der Waals surface area contributed by atoms with Crippen molar-refractivity contribution in [3.63, 3.8) is 0 Å². The molecule has 0 unspecified atom stereocenters. The summed E-state index contributed by atoms with van der Waals surface area (Å²) in [5.41, 5.74) is 2.44. The van der Waals surface area contributed by atoms with Crippen LogP contribution in [-0.2, 0) is 4.79 Å². The molecule has 1 aromatic heterocycles. The Morgan fingerprint density at radius 3 is 2.42 bits per heavy atom. The predicted molar refractivity (Wildman–Crippen MR) is 104 cm³/mol. The Labute approximate surface area is 157 Å². The molecule has 1 heterocycles. The Morgan fingerprint density at radius 2 is 1.81 bits per heavy atom. The van der Waals surface area contributed by atoms with Crippen LogP contribution in [0, 0.1) is 11.3 Å². The highest BCUT2D eigenvalue weighted by Crippen LogP contribution is 2.22. The lowest BCUT2D eigenvalue weighted by molar-refractivity contribution is -0.703. The quantitative estimate of drug-likeness (QED) is 0.706. The van der Waals surface area contributed by atoms with E-state index in [9.17, 15) is 4.79 Å². The topological polar surface area (TPSA) is 69.5 Å². The first-order valence-corrected chi connectivity index (χ1v) is 9.29. The van der Waals surface area contributed by atoms with Crippen molar-refractivity contribution >= 4 is 22.9 Å². The third-order valence-corrected chi connectivity index (χ3v) is 5.14. The van der Waals surface area contributed by atoms with Crippen LogP contribution in [-0.4, -0.2) is 11.9 Å². The van der Waals surface area contributed by atoms with E-state index >= 15 is 0 Å². The van der Waals surface area contributed by atoms with Crippen LogP contribution in [0.3, 0.4) is 0 Å². The molecule has 0 aliphatic heterocycles. The predicted octanol–water partition coefficient (Wildman–Crippen LogP) is 3.30. The van der Waals surface area contributed by atoms with E-state index < -0.39 is 0 Å². The number of benzene rings is 2. The lowest BCUT2D eigenvalue weighted by atomic mass is 10.0. The molecular weight excluding hydrogens is 342 g/mol. The number of anilines is 1. The standard InChI is InChI=1S/C21H19N3OS/c1-15(21(25)24-18-11-9-16(14-22)10-12-18)23-20(19-8-5-13-26-19)17-6-3-2-4-7-17/h2-13,15,20,23H,1H3,(H,24,25)/p+1/t15-,20-/m1/s1. The molecule has 3 aromatic rings. The van der Waals surface area contributed by atoms with Crippen molar-refractivity contribution in [3.05, 3.63) is 88.1 Å². The van der Waals surface area contributed by atoms with Gasteiger partial charge < -0.3 is 10.6 Å². The maximum atomic E-state index is 12.6. The van der Waals surface area contributed by atoms with Gasteiger partial charge in [0.2, 0.25) is 0 Å². The van der Waals surface area contributed by atoms with E-state index in [4.69, 9.17) is 5.26 Å². The fourth-order valence-corrected chi connectivity index (χ4v) is 3.59. The Balaban J connectivity index is 1.72. The van der Waals surface area contributed by atoms with Crippen molar-refractivity contribution in [2.45, 2.75) is 19.0 Å². The maximum Gasteiger partial charge on any atom is 0.282 e. The monoisotopic (exact) mass is 362 g/mol. The van der Waals surface area contributed by atoms with Gasteiger partial charge in [-0.2, -0.15) is 5.26 Å². The van der Waals surface area contributed by atoms with Gasteiger partial charge in [-0.3, -0.25) is 4.79 Å². The number of carbonyl (C=O) groups is 1. The van der Waals surface area contributed by atoms with Gasteiger partial charge in [-0.15, -0.1) is 11.3 Å². The summed E-state index contributed by atoms with van der Waals surface area (Å²) in [5, 5.41) is 15.9. The molecule has 3 rings (SSSR count). The average molecular weight is 362 g/mol. The van der Waals surface area contributed by atoms with Crippen LogP contribution in [0.2, 0.25) is 0 Å². The number of amides is 1. The van der Waals surface area contributed by atoms with Crippen LogP contribution in [0.5, 0.6) is 0 Å². The number of nitrogens with one attached hydrogen (secondary N) is 1. The van der Waals surface area contributed by atoms with E-state index in [0.29, 0.717) is 11.3 Å². The summed E-state index contributed by atoms with van der Waals surface area (Å²) >= 11 is 1.69. The number of rotatable bonds is 6. The van der Waals surface area contributed by atoms with Crippen molar-refractivity contribution < 1.29 is 10.1 Å². The van der Waals surface area contributed by atoms with E-state index in [1.807, 2.05) is 31.2 Å². The Morgan fingerprint density at radius 1 is 1.08 bits per heavy atom. The molecule has 26 heavy (non-hydrogen) atoms. The van der Waals surface area contributed by atoms with Gasteiger partial charge in [0.15, 0.2) is 6.04 Å². The van der Waals surface area contributed by atoms with Gasteiger partial charge in [0, 0.05) is 11.3 Å². The van der Waals surface area contributed by atoms with Gasteiger partial charge in [0.25, 0.3) is 5.91 Å². The van der Waals surface area contributed by atoms with Crippen molar-refractivity contribution in [1.29, 1.82) is 5.26 Å². The van der Waals surface area contributed by atoms with E-state index in [0.717, 1.165) is 0 Å². The van der Waals surface area contributed by atoms with Gasteiger partial charge in [0.1, 0.15) is 6.04 Å². The second-order valence-corrected chi connectivity index (χ2v) is 7.04. The number of hydrogen-bond acceptors (Lipinski definition) is 3. The summed E-state index contributed by atoms with van der Waals surface area (Å²) in [6.45, 7) is 1.91. The zero-order chi connectivity index (χ0) is 18.4. The normalized spacial score (nSPS) is 12.8. The Hall–Kier alpha value is -2.94. The first-order valence-electron chi connectivity index (χ1n) is 8.41. The van der Waals surface area contributed by atoms with Gasteiger partial charge in [0.05, 0.1) is 16.5 Å². The van der Waals surface area contributed by atoms with E-state index in [2.05, 4.69) is 40.3 Å². The largest absolute Gasteiger partial charge is 0.326 e. The van der Waals surface area contributed by atoms with Gasteiger partial charge in [-0.1, -0.05) is 36.4 Å². The minimum absolute atomic E-state index is 0.0628. The van der Waals surface area contributed by atoms with Gasteiger partial charge >= 0.3 is 0 Å². The molecule has 0 radical (unpaired) electrons. The fraction of sp³-hybridized carbons (Fsp3) is 0.143. The minimum atomic E-state index is -0.266. The number of nitriles is 1. The molecule has 5 heteroatoms. The zero-order valence-corrected chi connectivity index (χ0v) is 15.2. The molecule has 4 nitrogen and oxygen atoms in total. The van der Waals surface area contributed by atoms with Crippen LogP contribution < -0.4 is 10.6 Å². The molecule has 0 aliphatic rings. The first-order chi connectivity index (χ1) is 12.7. The van der Waals surface area contributed by atoms with Gasteiger partial charge in [-0.05, 0) is 42.6 Å². The summed E-state index contributed by atoms with van der Waals surface area (Å²) in [7, 11) is 0. The average Bonchev–Trinajstić information content (AvgIpc) is 3.21. The highest BCUT2D eigenvalue weighted by atomic mass is 32.1. The molecule has 0 saturated heterocycles. The molecular formula is C21H20N3OS+. The molecule has 0 saturated carbocycles. The second kappa shape index (κ2) is 8.43. The summed E-state index contributed by atoms with van der Waals surface area (Å²) in [6, 6.07) is 23.1. The molecule has 130 valence electrons. The van der Waals surface area contributed by atoms with E-state index in [1.54, 1.807) is 35.6 Å². The van der Waals surface area contributed by atoms with Crippen molar-refractivity contribution in [1.82, 2.24) is 0 Å². The molecule has 0 spiro atoms. The molecule has 2 atom stereocenters. The SMILES string of the molecule is C[C@@H]([NH2+][C@H](c1ccccc1)c1cccs1)C(=O)Nc1ccc(C#N)cc1. The van der Waals surface area contributed by atoms with Gasteiger partial charge in [-0.25, -0.2) is 0 Å². The zero-order valence-electron chi connectivity index (χ0n) is 14.4. The van der Waals surface area contributed by atoms with Crippen molar-refractivity contribution in [3.8, 4) is 6.07 Å². The number of hydrogen-bond donors (Lipinski definition) is 2. The molecule has 1 amide bonds. The number of quaternary nitrogens is 1. The third kappa shape index (κ3) is 4.37.